The molecular weight excluding hydrogens is 318 g/mol. The molecule has 0 bridgehead atoms. The highest BCUT2D eigenvalue weighted by Crippen LogP contribution is 2.21. The molecule has 25 heavy (non-hydrogen) atoms. The maximum Gasteiger partial charge on any atom is 0.333 e. The van der Waals surface area contributed by atoms with Gasteiger partial charge in [-0.15, -0.1) is 0 Å². The van der Waals surface area contributed by atoms with Gasteiger partial charge < -0.3 is 10.1 Å². The lowest BCUT2D eigenvalue weighted by molar-refractivity contribution is -0.145. The highest BCUT2D eigenvalue weighted by molar-refractivity contribution is 5.89. The number of nitrogens with zero attached hydrogens (tertiary/aromatic N) is 1. The van der Waals surface area contributed by atoms with E-state index in [4.69, 9.17) is 4.74 Å². The second-order valence-corrected chi connectivity index (χ2v) is 5.85. The van der Waals surface area contributed by atoms with Gasteiger partial charge in [0.15, 0.2) is 6.04 Å². The van der Waals surface area contributed by atoms with Gasteiger partial charge in [-0.25, -0.2) is 4.79 Å². The second kappa shape index (κ2) is 7.17. The molecule has 0 aliphatic carbocycles. The van der Waals surface area contributed by atoms with Gasteiger partial charge in [0.2, 0.25) is 5.91 Å². The number of aromatic nitrogens is 2. The van der Waals surface area contributed by atoms with Crippen LogP contribution in [0.4, 0.5) is 0 Å². The Labute approximate surface area is 145 Å². The maximum absolute atomic E-state index is 12.3. The lowest BCUT2D eigenvalue weighted by Gasteiger charge is -2.17. The third-order valence-corrected chi connectivity index (χ3v) is 3.95. The molecule has 0 radical (unpaired) electrons. The molecular formula is C19H19N3O3. The van der Waals surface area contributed by atoms with Gasteiger partial charge in [-0.3, -0.25) is 9.89 Å². The van der Waals surface area contributed by atoms with Crippen LogP contribution in [0.1, 0.15) is 23.0 Å². The van der Waals surface area contributed by atoms with Crippen LogP contribution in [-0.4, -0.2) is 29.2 Å². The van der Waals surface area contributed by atoms with Crippen molar-refractivity contribution in [2.75, 3.05) is 7.11 Å². The fourth-order valence-corrected chi connectivity index (χ4v) is 2.73. The SMILES string of the molecule is COC(=O)[C@@H](NC(=O)Cc1cc(C)[nH]n1)c1ccc2ccccc2c1. The van der Waals surface area contributed by atoms with Crippen molar-refractivity contribution in [3.8, 4) is 0 Å². The average Bonchev–Trinajstić information content (AvgIpc) is 3.03. The monoisotopic (exact) mass is 337 g/mol. The molecule has 2 N–H and O–H groups in total. The zero-order chi connectivity index (χ0) is 17.8. The quantitative estimate of drug-likeness (QED) is 0.701. The molecule has 128 valence electrons. The molecule has 1 amide bonds. The van der Waals surface area contributed by atoms with E-state index in [1.807, 2.05) is 49.4 Å². The van der Waals surface area contributed by atoms with Crippen molar-refractivity contribution in [1.82, 2.24) is 15.5 Å². The fraction of sp³-hybridized carbons (Fsp3) is 0.211. The van der Waals surface area contributed by atoms with Gasteiger partial charge in [-0.2, -0.15) is 5.10 Å². The smallest absolute Gasteiger partial charge is 0.333 e. The molecule has 3 aromatic rings. The minimum atomic E-state index is -0.859. The highest BCUT2D eigenvalue weighted by Gasteiger charge is 2.24. The third kappa shape index (κ3) is 3.85. The van der Waals surface area contributed by atoms with E-state index in [0.29, 0.717) is 11.3 Å². The molecule has 0 saturated carbocycles. The summed E-state index contributed by atoms with van der Waals surface area (Å²) >= 11 is 0. The molecule has 6 nitrogen and oxygen atoms in total. The Balaban J connectivity index is 1.83. The second-order valence-electron chi connectivity index (χ2n) is 5.85. The number of esters is 1. The van der Waals surface area contributed by atoms with Gasteiger partial charge in [-0.05, 0) is 35.4 Å². The Morgan fingerprint density at radius 1 is 1.16 bits per heavy atom. The van der Waals surface area contributed by atoms with Crippen LogP contribution in [-0.2, 0) is 20.7 Å². The molecule has 0 saturated heterocycles. The molecule has 3 rings (SSSR count). The lowest BCUT2D eigenvalue weighted by Crippen LogP contribution is -2.35. The Hall–Kier alpha value is -3.15. The molecule has 6 heteroatoms. The van der Waals surface area contributed by atoms with E-state index in [0.717, 1.165) is 16.5 Å². The molecule has 0 spiro atoms. The topological polar surface area (TPSA) is 84.1 Å². The summed E-state index contributed by atoms with van der Waals surface area (Å²) in [5, 5.41) is 11.6. The van der Waals surface area contributed by atoms with Gasteiger partial charge >= 0.3 is 5.97 Å². The number of H-pyrrole nitrogens is 1. The van der Waals surface area contributed by atoms with Crippen LogP contribution in [0.3, 0.4) is 0 Å². The minimum absolute atomic E-state index is 0.0887. The van der Waals surface area contributed by atoms with Gasteiger partial charge in [0.05, 0.1) is 19.2 Å². The number of hydrogen-bond donors (Lipinski definition) is 2. The summed E-state index contributed by atoms with van der Waals surface area (Å²) in [5.74, 6) is -0.808. The van der Waals surface area contributed by atoms with E-state index in [2.05, 4.69) is 15.5 Å². The van der Waals surface area contributed by atoms with E-state index in [1.165, 1.54) is 7.11 Å². The highest BCUT2D eigenvalue weighted by atomic mass is 16.5. The summed E-state index contributed by atoms with van der Waals surface area (Å²) in [6, 6.07) is 14.4. The number of methoxy groups -OCH3 is 1. The molecule has 1 aromatic heterocycles. The van der Waals surface area contributed by atoms with Crippen LogP contribution in [0.2, 0.25) is 0 Å². The number of fused-ring (bicyclic) bond motifs is 1. The van der Waals surface area contributed by atoms with Crippen molar-refractivity contribution in [3.63, 3.8) is 0 Å². The standard InChI is InChI=1S/C19H19N3O3/c1-12-9-16(22-21-12)11-17(23)20-18(19(24)25-2)15-8-7-13-5-3-4-6-14(13)10-15/h3-10,18H,11H2,1-2H3,(H,20,23)(H,21,22)/t18-/m0/s1. The van der Waals surface area contributed by atoms with Crippen molar-refractivity contribution in [2.24, 2.45) is 0 Å². The Bertz CT molecular complexity index is 917. The summed E-state index contributed by atoms with van der Waals surface area (Å²) in [6.07, 6.45) is 0.0887. The van der Waals surface area contributed by atoms with Crippen LogP contribution in [0.25, 0.3) is 10.8 Å². The summed E-state index contributed by atoms with van der Waals surface area (Å²) in [5.41, 5.74) is 2.18. The van der Waals surface area contributed by atoms with E-state index >= 15 is 0 Å². The van der Waals surface area contributed by atoms with Crippen LogP contribution in [0.15, 0.2) is 48.5 Å². The summed E-state index contributed by atoms with van der Waals surface area (Å²) < 4.78 is 4.86. The predicted octanol–water partition coefficient (Wildman–Crippen LogP) is 2.44. The number of hydrogen-bond acceptors (Lipinski definition) is 4. The molecule has 0 aliphatic rings. The zero-order valence-corrected chi connectivity index (χ0v) is 14.1. The minimum Gasteiger partial charge on any atom is -0.467 e. The maximum atomic E-state index is 12.3. The van der Waals surface area contributed by atoms with Crippen molar-refractivity contribution >= 4 is 22.6 Å². The number of benzene rings is 2. The first-order valence-corrected chi connectivity index (χ1v) is 7.93. The van der Waals surface area contributed by atoms with Gasteiger partial charge in [0.25, 0.3) is 0 Å². The van der Waals surface area contributed by atoms with Crippen LogP contribution >= 0.6 is 0 Å². The first-order chi connectivity index (χ1) is 12.1. The largest absolute Gasteiger partial charge is 0.467 e. The molecule has 2 aromatic carbocycles. The zero-order valence-electron chi connectivity index (χ0n) is 14.1. The number of rotatable bonds is 5. The van der Waals surface area contributed by atoms with Crippen molar-refractivity contribution in [2.45, 2.75) is 19.4 Å². The van der Waals surface area contributed by atoms with Gasteiger partial charge in [0, 0.05) is 5.69 Å². The molecule has 0 aliphatic heterocycles. The van der Waals surface area contributed by atoms with E-state index in [1.54, 1.807) is 6.07 Å². The predicted molar refractivity (Wildman–Crippen MR) is 93.9 cm³/mol. The van der Waals surface area contributed by atoms with Crippen molar-refractivity contribution in [3.05, 3.63) is 65.5 Å². The molecule has 0 fully saturated rings. The first kappa shape index (κ1) is 16.7. The number of aryl methyl sites for hydroxylation is 1. The Morgan fingerprint density at radius 2 is 1.92 bits per heavy atom. The van der Waals surface area contributed by atoms with Crippen molar-refractivity contribution < 1.29 is 14.3 Å². The number of amides is 1. The third-order valence-electron chi connectivity index (χ3n) is 3.95. The van der Waals surface area contributed by atoms with E-state index in [-0.39, 0.29) is 12.3 Å². The summed E-state index contributed by atoms with van der Waals surface area (Å²) in [4.78, 5) is 24.5. The van der Waals surface area contributed by atoms with Crippen LogP contribution < -0.4 is 5.32 Å². The van der Waals surface area contributed by atoms with Crippen LogP contribution in [0.5, 0.6) is 0 Å². The number of aromatic amines is 1. The normalized spacial score (nSPS) is 11.9. The molecule has 0 unspecified atom stereocenters. The van der Waals surface area contributed by atoms with E-state index in [9.17, 15) is 9.59 Å². The molecule has 1 atom stereocenters. The fourth-order valence-electron chi connectivity index (χ4n) is 2.73. The van der Waals surface area contributed by atoms with Crippen molar-refractivity contribution in [1.29, 1.82) is 0 Å². The summed E-state index contributed by atoms with van der Waals surface area (Å²) in [6.45, 7) is 1.86. The summed E-state index contributed by atoms with van der Waals surface area (Å²) in [7, 11) is 1.31. The van der Waals surface area contributed by atoms with Crippen LogP contribution in [0, 0.1) is 6.92 Å². The Kier molecular flexibility index (Phi) is 4.79. The number of nitrogens with one attached hydrogen (secondary N) is 2. The Morgan fingerprint density at radius 3 is 2.60 bits per heavy atom. The van der Waals surface area contributed by atoms with Gasteiger partial charge in [-0.1, -0.05) is 36.4 Å². The average molecular weight is 337 g/mol. The first-order valence-electron chi connectivity index (χ1n) is 7.93. The number of carbonyl (C=O) groups excluding carboxylic acids is 2. The van der Waals surface area contributed by atoms with E-state index < -0.39 is 12.0 Å². The number of carbonyl (C=O) groups is 2. The number of ether oxygens (including phenoxy) is 1. The lowest BCUT2D eigenvalue weighted by atomic mass is 10.0. The molecule has 1 heterocycles. The van der Waals surface area contributed by atoms with Gasteiger partial charge in [0.1, 0.15) is 0 Å².